The molecule has 0 spiro atoms. The van der Waals surface area contributed by atoms with E-state index in [4.69, 9.17) is 4.74 Å². The number of hydrogen-bond acceptors (Lipinski definition) is 7. The molecule has 2 aromatic heterocycles. The van der Waals surface area contributed by atoms with Crippen molar-refractivity contribution in [3.05, 3.63) is 59.3 Å². The van der Waals surface area contributed by atoms with Gasteiger partial charge in [-0.1, -0.05) is 6.92 Å². The third-order valence-electron chi connectivity index (χ3n) is 6.73. The average molecular weight is 450 g/mol. The second-order valence-corrected chi connectivity index (χ2v) is 9.05. The Labute approximate surface area is 192 Å². The molecule has 7 nitrogen and oxygen atoms in total. The fraction of sp³-hybridized carbons (Fsp3) is 0.400. The van der Waals surface area contributed by atoms with Crippen molar-refractivity contribution in [3.8, 4) is 11.3 Å². The summed E-state index contributed by atoms with van der Waals surface area (Å²) in [6, 6.07) is 7.25. The zero-order valence-electron chi connectivity index (χ0n) is 18.9. The van der Waals surface area contributed by atoms with Crippen LogP contribution in [0.1, 0.15) is 30.2 Å². The van der Waals surface area contributed by atoms with Gasteiger partial charge in [-0.05, 0) is 55.2 Å². The molecular formula is C25H28FN5O2. The maximum Gasteiger partial charge on any atom is 0.227 e. The summed E-state index contributed by atoms with van der Waals surface area (Å²) in [7, 11) is 0. The van der Waals surface area contributed by atoms with Crippen LogP contribution in [0, 0.1) is 12.7 Å². The van der Waals surface area contributed by atoms with E-state index in [2.05, 4.69) is 33.3 Å². The van der Waals surface area contributed by atoms with Crippen molar-refractivity contribution in [1.29, 1.82) is 0 Å². The van der Waals surface area contributed by atoms with Gasteiger partial charge in [0.15, 0.2) is 0 Å². The van der Waals surface area contributed by atoms with Crippen LogP contribution in [0.5, 0.6) is 0 Å². The van der Waals surface area contributed by atoms with E-state index in [1.165, 1.54) is 6.07 Å². The van der Waals surface area contributed by atoms with Gasteiger partial charge < -0.3 is 20.1 Å². The van der Waals surface area contributed by atoms with Crippen molar-refractivity contribution in [2.75, 3.05) is 43.1 Å². The molecule has 1 aliphatic heterocycles. The molecule has 1 fully saturated rings. The highest BCUT2D eigenvalue weighted by Crippen LogP contribution is 2.39. The second-order valence-electron chi connectivity index (χ2n) is 9.05. The minimum atomic E-state index is -0.285. The number of nitrogens with zero attached hydrogens (tertiary/aromatic N) is 4. The summed E-state index contributed by atoms with van der Waals surface area (Å²) >= 11 is 0. The van der Waals surface area contributed by atoms with E-state index < -0.39 is 0 Å². The molecule has 1 atom stereocenters. The van der Waals surface area contributed by atoms with E-state index in [1.807, 2.05) is 30.2 Å². The third kappa shape index (κ3) is 4.16. The highest BCUT2D eigenvalue weighted by molar-refractivity contribution is 5.67. The molecule has 2 aliphatic rings. The van der Waals surface area contributed by atoms with Crippen molar-refractivity contribution in [2.24, 2.45) is 0 Å². The number of aromatic nitrogens is 3. The molecule has 0 saturated carbocycles. The van der Waals surface area contributed by atoms with Crippen LogP contribution in [0.15, 0.2) is 36.7 Å². The van der Waals surface area contributed by atoms with Gasteiger partial charge in [0.25, 0.3) is 0 Å². The number of anilines is 3. The number of nitrogens with one attached hydrogen (secondary N) is 1. The van der Waals surface area contributed by atoms with Crippen LogP contribution in [0.25, 0.3) is 11.3 Å². The first-order chi connectivity index (χ1) is 16.0. The first kappa shape index (κ1) is 21.7. The zero-order valence-corrected chi connectivity index (χ0v) is 18.9. The van der Waals surface area contributed by atoms with Gasteiger partial charge >= 0.3 is 0 Å². The molecule has 3 aromatic rings. The fourth-order valence-corrected chi connectivity index (χ4v) is 4.60. The van der Waals surface area contributed by atoms with E-state index in [0.717, 1.165) is 40.9 Å². The van der Waals surface area contributed by atoms with Crippen LogP contribution in [-0.2, 0) is 16.6 Å². The number of aliphatic hydroxyl groups is 1. The van der Waals surface area contributed by atoms with Gasteiger partial charge in [-0.15, -0.1) is 0 Å². The lowest BCUT2D eigenvalue weighted by atomic mass is 9.85. The Balaban J connectivity index is 1.41. The second kappa shape index (κ2) is 8.68. The fourth-order valence-electron chi connectivity index (χ4n) is 4.60. The van der Waals surface area contributed by atoms with Crippen LogP contribution in [0.3, 0.4) is 0 Å². The minimum absolute atomic E-state index is 0.0903. The van der Waals surface area contributed by atoms with E-state index in [-0.39, 0.29) is 17.8 Å². The molecule has 1 unspecified atom stereocenters. The van der Waals surface area contributed by atoms with Crippen LogP contribution in [0.4, 0.5) is 21.7 Å². The maximum absolute atomic E-state index is 14.9. The Morgan fingerprint density at radius 2 is 2.03 bits per heavy atom. The summed E-state index contributed by atoms with van der Waals surface area (Å²) in [6.45, 7) is 6.66. The molecule has 172 valence electrons. The average Bonchev–Trinajstić information content (AvgIpc) is 3.18. The molecule has 33 heavy (non-hydrogen) atoms. The molecule has 1 aliphatic carbocycles. The van der Waals surface area contributed by atoms with Gasteiger partial charge in [-0.3, -0.25) is 4.98 Å². The van der Waals surface area contributed by atoms with Gasteiger partial charge in [0.2, 0.25) is 5.95 Å². The van der Waals surface area contributed by atoms with Crippen molar-refractivity contribution >= 4 is 17.3 Å². The topological polar surface area (TPSA) is 83.4 Å². The normalized spacial score (nSPS) is 20.1. The van der Waals surface area contributed by atoms with Crippen molar-refractivity contribution in [2.45, 2.75) is 32.1 Å². The summed E-state index contributed by atoms with van der Waals surface area (Å²) in [5.41, 5.74) is 5.55. The van der Waals surface area contributed by atoms with Crippen LogP contribution in [0.2, 0.25) is 0 Å². The standard InChI is InChI=1S/C25H28FN5O2/c1-16-11-23(31-7-9-33-10-8-31)19(26)13-22(16)30-24-27-6-4-20(29-24)17-12-18-21(28-14-17)3-5-25(18,2)15-32/h4,6,11-14,32H,3,5,7-10,15H2,1-2H3,(H,27,29,30). The number of hydrogen-bond donors (Lipinski definition) is 2. The Kier molecular flexibility index (Phi) is 5.72. The molecular weight excluding hydrogens is 421 g/mol. The van der Waals surface area contributed by atoms with Gasteiger partial charge in [0.05, 0.1) is 31.2 Å². The van der Waals surface area contributed by atoms with E-state index in [0.29, 0.717) is 43.6 Å². The van der Waals surface area contributed by atoms with Gasteiger partial charge in [0, 0.05) is 47.8 Å². The minimum Gasteiger partial charge on any atom is -0.395 e. The summed E-state index contributed by atoms with van der Waals surface area (Å²) in [4.78, 5) is 15.6. The Morgan fingerprint density at radius 1 is 1.21 bits per heavy atom. The van der Waals surface area contributed by atoms with E-state index in [1.54, 1.807) is 6.20 Å². The van der Waals surface area contributed by atoms with Crippen molar-refractivity contribution < 1.29 is 14.2 Å². The molecule has 0 bridgehead atoms. The van der Waals surface area contributed by atoms with Crippen LogP contribution in [-0.4, -0.2) is 53.0 Å². The van der Waals surface area contributed by atoms with Gasteiger partial charge in [-0.2, -0.15) is 0 Å². The lowest BCUT2D eigenvalue weighted by molar-refractivity contribution is 0.122. The zero-order chi connectivity index (χ0) is 23.0. The number of morpholine rings is 1. The first-order valence-corrected chi connectivity index (χ1v) is 11.3. The lowest BCUT2D eigenvalue weighted by Gasteiger charge is -2.29. The highest BCUT2D eigenvalue weighted by atomic mass is 19.1. The molecule has 3 heterocycles. The van der Waals surface area contributed by atoms with Crippen molar-refractivity contribution in [3.63, 3.8) is 0 Å². The highest BCUT2D eigenvalue weighted by Gasteiger charge is 2.35. The Hall–Kier alpha value is -3.10. The molecule has 2 N–H and O–H groups in total. The first-order valence-electron chi connectivity index (χ1n) is 11.3. The number of fused-ring (bicyclic) bond motifs is 1. The van der Waals surface area contributed by atoms with Crippen LogP contribution < -0.4 is 10.2 Å². The number of ether oxygens (including phenoxy) is 1. The van der Waals surface area contributed by atoms with Gasteiger partial charge in [0.1, 0.15) is 5.82 Å². The molecule has 5 rings (SSSR count). The number of pyridine rings is 1. The van der Waals surface area contributed by atoms with E-state index in [9.17, 15) is 9.50 Å². The number of benzene rings is 1. The maximum atomic E-state index is 14.9. The summed E-state index contributed by atoms with van der Waals surface area (Å²) < 4.78 is 20.3. The van der Waals surface area contributed by atoms with E-state index >= 15 is 0 Å². The number of aliphatic hydroxyl groups excluding tert-OH is 1. The van der Waals surface area contributed by atoms with Crippen LogP contribution >= 0.6 is 0 Å². The SMILES string of the molecule is Cc1cc(N2CCOCC2)c(F)cc1Nc1nccc(-c2cnc3c(c2)C(C)(CO)CC3)n1. The molecule has 1 aromatic carbocycles. The summed E-state index contributed by atoms with van der Waals surface area (Å²) in [6.07, 6.45) is 5.25. The number of halogens is 1. The third-order valence-corrected chi connectivity index (χ3v) is 6.73. The molecule has 0 radical (unpaired) electrons. The van der Waals surface area contributed by atoms with Gasteiger partial charge in [-0.25, -0.2) is 14.4 Å². The summed E-state index contributed by atoms with van der Waals surface area (Å²) in [5, 5.41) is 13.1. The molecule has 8 heteroatoms. The predicted octanol–water partition coefficient (Wildman–Crippen LogP) is 3.76. The number of aryl methyl sites for hydroxylation is 2. The number of rotatable bonds is 5. The lowest BCUT2D eigenvalue weighted by Crippen LogP contribution is -2.36. The monoisotopic (exact) mass is 449 g/mol. The smallest absolute Gasteiger partial charge is 0.227 e. The Morgan fingerprint density at radius 3 is 2.82 bits per heavy atom. The Bertz CT molecular complexity index is 1180. The molecule has 1 saturated heterocycles. The predicted molar refractivity (Wildman–Crippen MR) is 125 cm³/mol. The summed E-state index contributed by atoms with van der Waals surface area (Å²) in [5.74, 6) is 0.104. The molecule has 0 amide bonds. The largest absolute Gasteiger partial charge is 0.395 e. The van der Waals surface area contributed by atoms with Crippen molar-refractivity contribution in [1.82, 2.24) is 15.0 Å². The quantitative estimate of drug-likeness (QED) is 0.614.